The van der Waals surface area contributed by atoms with E-state index in [4.69, 9.17) is 15.3 Å². The minimum atomic E-state index is -6.02. The number of hydrogen-bond donors (Lipinski definition) is 1. The molecule has 5 atom stereocenters. The first-order valence-electron chi connectivity index (χ1n) is 8.08. The maximum absolute atomic E-state index is 12.7. The Hall–Kier alpha value is -1.40. The summed E-state index contributed by atoms with van der Waals surface area (Å²) in [7, 11) is -6.02. The number of rotatable bonds is 5. The third kappa shape index (κ3) is 3.18. The summed E-state index contributed by atoms with van der Waals surface area (Å²) in [6.07, 6.45) is 1.59. The van der Waals surface area contributed by atoms with Gasteiger partial charge >= 0.3 is 21.5 Å². The van der Waals surface area contributed by atoms with Gasteiger partial charge in [-0.2, -0.15) is 26.0 Å². The van der Waals surface area contributed by atoms with Crippen molar-refractivity contribution in [1.29, 1.82) is 0 Å². The molecule has 1 amide bonds. The van der Waals surface area contributed by atoms with Crippen molar-refractivity contribution in [2.75, 3.05) is 13.2 Å². The molecule has 0 spiro atoms. The molecule has 0 aromatic heterocycles. The van der Waals surface area contributed by atoms with Crippen LogP contribution in [0.1, 0.15) is 26.2 Å². The van der Waals surface area contributed by atoms with Crippen LogP contribution in [0.3, 0.4) is 0 Å². The van der Waals surface area contributed by atoms with Gasteiger partial charge in [-0.25, -0.2) is 5.84 Å². The van der Waals surface area contributed by atoms with Gasteiger partial charge in [-0.1, -0.05) is 0 Å². The minimum absolute atomic E-state index is 0.0339. The van der Waals surface area contributed by atoms with Crippen LogP contribution in [0.15, 0.2) is 0 Å². The molecule has 4 unspecified atom stereocenters. The molecule has 0 aromatic carbocycles. The van der Waals surface area contributed by atoms with Gasteiger partial charge in [0.25, 0.3) is 5.91 Å². The Balaban J connectivity index is 1.78. The summed E-state index contributed by atoms with van der Waals surface area (Å²) >= 11 is 0. The molecule has 0 radical (unpaired) electrons. The first-order chi connectivity index (χ1) is 11.9. The van der Waals surface area contributed by atoms with Crippen molar-refractivity contribution in [2.24, 2.45) is 29.5 Å². The fourth-order valence-corrected chi connectivity index (χ4v) is 4.47. The van der Waals surface area contributed by atoms with Gasteiger partial charge in [0.1, 0.15) is 12.2 Å². The largest absolute Gasteiger partial charge is 0.518 e. The number of nitrogens with zero attached hydrogens (tertiary/aromatic N) is 1. The van der Waals surface area contributed by atoms with E-state index in [2.05, 4.69) is 0 Å². The summed E-state index contributed by atoms with van der Waals surface area (Å²) in [6, 6.07) is 0. The number of hydrogen-bond acceptors (Lipinski definition) is 7. The summed E-state index contributed by atoms with van der Waals surface area (Å²) in [5.74, 6) is -0.0218. The van der Waals surface area contributed by atoms with Gasteiger partial charge < -0.3 is 9.47 Å². The van der Waals surface area contributed by atoms with Gasteiger partial charge in [-0.15, -0.1) is 0 Å². The van der Waals surface area contributed by atoms with Crippen LogP contribution in [-0.4, -0.2) is 49.0 Å². The lowest BCUT2D eigenvalue weighted by molar-refractivity contribution is -0.158. The van der Waals surface area contributed by atoms with E-state index in [-0.39, 0.29) is 12.5 Å². The van der Waals surface area contributed by atoms with Crippen molar-refractivity contribution < 1.29 is 40.7 Å². The highest BCUT2D eigenvalue weighted by Gasteiger charge is 2.59. The second kappa shape index (κ2) is 6.06. The van der Waals surface area contributed by atoms with Gasteiger partial charge in [-0.3, -0.25) is 9.59 Å². The average molecular weight is 400 g/mol. The van der Waals surface area contributed by atoms with E-state index in [9.17, 15) is 31.2 Å². The molecule has 3 fully saturated rings. The van der Waals surface area contributed by atoms with E-state index >= 15 is 0 Å². The molecule has 8 nitrogen and oxygen atoms in total. The van der Waals surface area contributed by atoms with Gasteiger partial charge in [0.15, 0.2) is 0 Å². The van der Waals surface area contributed by atoms with Crippen molar-refractivity contribution in [2.45, 2.75) is 37.3 Å². The first kappa shape index (κ1) is 19.4. The zero-order valence-corrected chi connectivity index (χ0v) is 14.7. The number of carbonyl (C=O) groups excluding carboxylic acids is 2. The van der Waals surface area contributed by atoms with E-state index in [1.165, 1.54) is 0 Å². The molecule has 3 rings (SSSR count). The van der Waals surface area contributed by atoms with Crippen molar-refractivity contribution in [3.05, 3.63) is 0 Å². The molecule has 2 saturated carbocycles. The van der Waals surface area contributed by atoms with E-state index in [1.807, 2.05) is 0 Å². The fraction of sp³-hybridized carbons (Fsp3) is 0.857. The summed E-state index contributed by atoms with van der Waals surface area (Å²) in [5, 5.41) is 0. The highest BCUT2D eigenvalue weighted by atomic mass is 32.2. The topological polar surface area (TPSA) is 119 Å². The second-order valence-electron chi connectivity index (χ2n) is 7.32. The highest BCUT2D eigenvalue weighted by Crippen LogP contribution is 2.53. The Morgan fingerprint density at radius 3 is 2.31 bits per heavy atom. The smallest absolute Gasteiger partial charge is 0.462 e. The zero-order chi connectivity index (χ0) is 19.5. The van der Waals surface area contributed by atoms with Crippen LogP contribution in [0.2, 0.25) is 0 Å². The molecular formula is C14H19F3N2O6S. The summed E-state index contributed by atoms with van der Waals surface area (Å²) in [6.45, 7) is 2.11. The third-order valence-corrected chi connectivity index (χ3v) is 6.68. The quantitative estimate of drug-likeness (QED) is 0.235. The van der Waals surface area contributed by atoms with E-state index in [0.717, 1.165) is 0 Å². The van der Waals surface area contributed by atoms with Crippen LogP contribution in [0.4, 0.5) is 13.2 Å². The number of sulfonamides is 1. The molecule has 2 aliphatic carbocycles. The van der Waals surface area contributed by atoms with Crippen LogP contribution in [0.25, 0.3) is 0 Å². The Morgan fingerprint density at radius 1 is 1.27 bits per heavy atom. The van der Waals surface area contributed by atoms with Crippen molar-refractivity contribution in [3.63, 3.8) is 0 Å². The van der Waals surface area contributed by atoms with E-state index in [1.54, 1.807) is 6.92 Å². The first-order valence-corrected chi connectivity index (χ1v) is 9.52. The van der Waals surface area contributed by atoms with Crippen LogP contribution in [-0.2, 0) is 29.1 Å². The number of alkyl halides is 3. The Morgan fingerprint density at radius 2 is 1.81 bits per heavy atom. The fourth-order valence-electron chi connectivity index (χ4n) is 3.89. The number of esters is 1. The van der Waals surface area contributed by atoms with Gasteiger partial charge in [-0.05, 0) is 38.0 Å². The predicted octanol–water partition coefficient (Wildman–Crippen LogP) is 0.533. The van der Waals surface area contributed by atoms with Crippen molar-refractivity contribution in [1.82, 2.24) is 4.41 Å². The van der Waals surface area contributed by atoms with Gasteiger partial charge in [0, 0.05) is 0 Å². The number of hydrazine groups is 1. The number of epoxide rings is 1. The van der Waals surface area contributed by atoms with E-state index in [0.29, 0.717) is 25.9 Å². The molecule has 3 aliphatic rings. The molecule has 1 heterocycles. The van der Waals surface area contributed by atoms with Gasteiger partial charge in [0.2, 0.25) is 0 Å². The summed E-state index contributed by atoms with van der Waals surface area (Å²) in [5.41, 5.74) is -6.28. The zero-order valence-electron chi connectivity index (χ0n) is 13.9. The number of ether oxygens (including phenoxy) is 2. The highest BCUT2D eigenvalue weighted by molar-refractivity contribution is 7.90. The average Bonchev–Trinajstić information content (AvgIpc) is 2.97. The standard InChI is InChI=1S/C14H19F3N2O6S/c1-13(6-25-13)5-24-12(21)10-8-3-2-7(4-8)9(10)11(20)19(18)26(22,23)14(15,16)17/h7-10H,2-6,18H2,1H3/t7?,8?,9?,10?,13-/m1/s1. The lowest BCUT2D eigenvalue weighted by Crippen LogP contribution is -2.53. The molecular weight excluding hydrogens is 381 g/mol. The number of fused-ring (bicyclic) bond motifs is 2. The summed E-state index contributed by atoms with van der Waals surface area (Å²) < 4.78 is 70.3. The van der Waals surface area contributed by atoms with Crippen LogP contribution < -0.4 is 5.84 Å². The Bertz CT molecular complexity index is 721. The van der Waals surface area contributed by atoms with Gasteiger partial charge in [0.05, 0.1) is 18.4 Å². The van der Waals surface area contributed by atoms with Crippen LogP contribution in [0.5, 0.6) is 0 Å². The van der Waals surface area contributed by atoms with Crippen molar-refractivity contribution in [3.8, 4) is 0 Å². The number of nitrogens with two attached hydrogens (primary N) is 1. The molecule has 1 saturated heterocycles. The number of amides is 1. The van der Waals surface area contributed by atoms with Crippen LogP contribution in [0, 0.1) is 23.7 Å². The Labute approximate surface area is 147 Å². The predicted molar refractivity (Wildman–Crippen MR) is 79.1 cm³/mol. The molecule has 26 heavy (non-hydrogen) atoms. The second-order valence-corrected chi connectivity index (χ2v) is 9.12. The van der Waals surface area contributed by atoms with Crippen molar-refractivity contribution >= 4 is 21.9 Å². The molecule has 2 bridgehead atoms. The number of halogens is 3. The summed E-state index contributed by atoms with van der Waals surface area (Å²) in [4.78, 5) is 24.9. The monoisotopic (exact) mass is 400 g/mol. The molecule has 0 aromatic rings. The number of carbonyl (C=O) groups is 2. The molecule has 1 aliphatic heterocycles. The normalized spacial score (nSPS) is 36.0. The molecule has 148 valence electrons. The molecule has 2 N–H and O–H groups in total. The van der Waals surface area contributed by atoms with Crippen LogP contribution >= 0.6 is 0 Å². The molecule has 12 heteroatoms. The minimum Gasteiger partial charge on any atom is -0.462 e. The Kier molecular flexibility index (Phi) is 4.51. The van der Waals surface area contributed by atoms with E-state index < -0.39 is 55.2 Å². The third-order valence-electron chi connectivity index (χ3n) is 5.40. The maximum atomic E-state index is 12.7. The SMILES string of the molecule is C[C@@]1(COC(=O)C2C3CCC(C3)C2C(=O)N(N)S(=O)(=O)C(F)(F)F)CO1. The lowest BCUT2D eigenvalue weighted by Gasteiger charge is -2.31. The lowest BCUT2D eigenvalue weighted by atomic mass is 9.79. The maximum Gasteiger partial charge on any atom is 0.518 e.